The molecule has 0 radical (unpaired) electrons. The second kappa shape index (κ2) is 7.68. The standard InChI is InChI=1S/C17H20F4N2OS/c1-11(2)16(24)23-6-4-22(5-7-23)14-9-15(12(3)8-13(14)18)25-10-17(19,20)21/h8-9H,1,4-7,10H2,2-3H3. The number of halogens is 4. The van der Waals surface area contributed by atoms with Gasteiger partial charge in [0.25, 0.3) is 0 Å². The highest BCUT2D eigenvalue weighted by Gasteiger charge is 2.28. The molecule has 0 aliphatic carbocycles. The molecule has 0 saturated carbocycles. The van der Waals surface area contributed by atoms with E-state index in [0.717, 1.165) is 0 Å². The van der Waals surface area contributed by atoms with Crippen molar-refractivity contribution in [2.24, 2.45) is 0 Å². The molecule has 0 atom stereocenters. The number of hydrogen-bond acceptors (Lipinski definition) is 3. The number of carbonyl (C=O) groups is 1. The lowest BCUT2D eigenvalue weighted by molar-refractivity contribution is -0.127. The molecule has 1 fully saturated rings. The van der Waals surface area contributed by atoms with E-state index >= 15 is 0 Å². The molecule has 3 nitrogen and oxygen atoms in total. The molecule has 1 aromatic carbocycles. The number of carbonyl (C=O) groups excluding carboxylic acids is 1. The number of benzene rings is 1. The summed E-state index contributed by atoms with van der Waals surface area (Å²) in [6.45, 7) is 8.53. The summed E-state index contributed by atoms with van der Waals surface area (Å²) in [5, 5.41) is 0. The molecule has 0 N–H and O–H groups in total. The monoisotopic (exact) mass is 376 g/mol. The smallest absolute Gasteiger partial charge is 0.366 e. The van der Waals surface area contributed by atoms with Crippen molar-refractivity contribution in [2.75, 3.05) is 36.8 Å². The first kappa shape index (κ1) is 19.6. The number of hydrogen-bond donors (Lipinski definition) is 0. The first-order valence-corrected chi connectivity index (χ1v) is 8.76. The van der Waals surface area contributed by atoms with E-state index in [1.807, 2.05) is 0 Å². The minimum atomic E-state index is -4.28. The van der Waals surface area contributed by atoms with Crippen molar-refractivity contribution in [3.63, 3.8) is 0 Å². The fourth-order valence-corrected chi connectivity index (χ4v) is 3.42. The number of rotatable bonds is 4. The van der Waals surface area contributed by atoms with Crippen LogP contribution in [0, 0.1) is 12.7 Å². The van der Waals surface area contributed by atoms with Crippen LogP contribution in [0.15, 0.2) is 29.2 Å². The van der Waals surface area contributed by atoms with Crippen LogP contribution in [0.4, 0.5) is 23.2 Å². The quantitative estimate of drug-likeness (QED) is 0.451. The molecule has 1 heterocycles. The zero-order valence-electron chi connectivity index (χ0n) is 14.1. The Hall–Kier alpha value is -1.70. The fraction of sp³-hybridized carbons (Fsp3) is 0.471. The predicted molar refractivity (Wildman–Crippen MR) is 91.5 cm³/mol. The van der Waals surface area contributed by atoms with Crippen LogP contribution in [0.1, 0.15) is 12.5 Å². The topological polar surface area (TPSA) is 23.6 Å². The van der Waals surface area contributed by atoms with Gasteiger partial charge in [0.2, 0.25) is 5.91 Å². The van der Waals surface area contributed by atoms with E-state index in [1.165, 1.54) is 12.1 Å². The number of nitrogens with zero attached hydrogens (tertiary/aromatic N) is 2. The van der Waals surface area contributed by atoms with E-state index in [0.29, 0.717) is 54.0 Å². The molecule has 1 aliphatic rings. The Morgan fingerprint density at radius 2 is 1.84 bits per heavy atom. The largest absolute Gasteiger partial charge is 0.398 e. The highest BCUT2D eigenvalue weighted by Crippen LogP contribution is 2.34. The van der Waals surface area contributed by atoms with Crippen LogP contribution in [-0.2, 0) is 4.79 Å². The van der Waals surface area contributed by atoms with Crippen molar-refractivity contribution in [1.82, 2.24) is 4.90 Å². The van der Waals surface area contributed by atoms with Crippen LogP contribution in [-0.4, -0.2) is 48.9 Å². The molecule has 0 spiro atoms. The number of piperazine rings is 1. The van der Waals surface area contributed by atoms with Crippen LogP contribution in [0.25, 0.3) is 0 Å². The summed E-state index contributed by atoms with van der Waals surface area (Å²) in [6.07, 6.45) is -4.28. The van der Waals surface area contributed by atoms with Gasteiger partial charge in [-0.1, -0.05) is 6.58 Å². The third-order valence-corrected chi connectivity index (χ3v) is 5.13. The summed E-state index contributed by atoms with van der Waals surface area (Å²) in [7, 11) is 0. The average Bonchev–Trinajstić information content (AvgIpc) is 2.52. The van der Waals surface area contributed by atoms with Crippen LogP contribution in [0.5, 0.6) is 0 Å². The summed E-state index contributed by atoms with van der Waals surface area (Å²) < 4.78 is 51.6. The van der Waals surface area contributed by atoms with Crippen LogP contribution in [0.3, 0.4) is 0 Å². The SMILES string of the molecule is C=C(C)C(=O)N1CCN(c2cc(SCC(F)(F)F)c(C)cc2F)CC1. The van der Waals surface area contributed by atoms with E-state index in [2.05, 4.69) is 6.58 Å². The van der Waals surface area contributed by atoms with Crippen molar-refractivity contribution >= 4 is 23.4 Å². The lowest BCUT2D eigenvalue weighted by atomic mass is 10.1. The minimum Gasteiger partial charge on any atom is -0.366 e. The molecule has 1 aliphatic heterocycles. The summed E-state index contributed by atoms with van der Waals surface area (Å²) in [5.74, 6) is -1.61. The van der Waals surface area contributed by atoms with Crippen molar-refractivity contribution in [3.8, 4) is 0 Å². The van der Waals surface area contributed by atoms with Crippen molar-refractivity contribution in [2.45, 2.75) is 24.9 Å². The maximum absolute atomic E-state index is 14.3. The molecule has 2 rings (SSSR count). The number of aryl methyl sites for hydroxylation is 1. The van der Waals surface area contributed by atoms with Crippen molar-refractivity contribution in [3.05, 3.63) is 35.7 Å². The Labute approximate surface area is 148 Å². The van der Waals surface area contributed by atoms with E-state index in [9.17, 15) is 22.4 Å². The number of thioether (sulfide) groups is 1. The van der Waals surface area contributed by atoms with Gasteiger partial charge in [-0.2, -0.15) is 13.2 Å². The van der Waals surface area contributed by atoms with Crippen LogP contribution < -0.4 is 4.90 Å². The maximum atomic E-state index is 14.3. The zero-order valence-corrected chi connectivity index (χ0v) is 14.9. The lowest BCUT2D eigenvalue weighted by Gasteiger charge is -2.36. The van der Waals surface area contributed by atoms with E-state index in [4.69, 9.17) is 0 Å². The number of amides is 1. The lowest BCUT2D eigenvalue weighted by Crippen LogP contribution is -2.49. The number of alkyl halides is 3. The van der Waals surface area contributed by atoms with Gasteiger partial charge in [-0.25, -0.2) is 4.39 Å². The van der Waals surface area contributed by atoms with Gasteiger partial charge in [-0.3, -0.25) is 4.79 Å². The van der Waals surface area contributed by atoms with Gasteiger partial charge in [-0.05, 0) is 31.5 Å². The van der Waals surface area contributed by atoms with Gasteiger partial charge in [0.05, 0.1) is 11.4 Å². The molecule has 8 heteroatoms. The Bertz CT molecular complexity index is 667. The van der Waals surface area contributed by atoms with Gasteiger partial charge in [0, 0.05) is 36.6 Å². The van der Waals surface area contributed by atoms with Crippen molar-refractivity contribution < 1.29 is 22.4 Å². The van der Waals surface area contributed by atoms with Crippen LogP contribution in [0.2, 0.25) is 0 Å². The van der Waals surface area contributed by atoms with Crippen LogP contribution >= 0.6 is 11.8 Å². The molecule has 0 bridgehead atoms. The summed E-state index contributed by atoms with van der Waals surface area (Å²) in [4.78, 5) is 15.7. The highest BCUT2D eigenvalue weighted by atomic mass is 32.2. The Balaban J connectivity index is 2.12. The molecular weight excluding hydrogens is 356 g/mol. The van der Waals surface area contributed by atoms with Gasteiger partial charge in [0.1, 0.15) is 5.82 Å². The van der Waals surface area contributed by atoms with Gasteiger partial charge in [-0.15, -0.1) is 11.8 Å². The normalized spacial score (nSPS) is 15.4. The van der Waals surface area contributed by atoms with Crippen molar-refractivity contribution in [1.29, 1.82) is 0 Å². The molecule has 0 aromatic heterocycles. The van der Waals surface area contributed by atoms with Gasteiger partial charge >= 0.3 is 6.18 Å². The third-order valence-electron chi connectivity index (χ3n) is 3.91. The van der Waals surface area contributed by atoms with Gasteiger partial charge in [0.15, 0.2) is 0 Å². The second-order valence-electron chi connectivity index (χ2n) is 6.03. The fourth-order valence-electron chi connectivity index (χ4n) is 2.62. The molecular formula is C17H20F4N2OS. The highest BCUT2D eigenvalue weighted by molar-refractivity contribution is 7.99. The third kappa shape index (κ3) is 5.14. The summed E-state index contributed by atoms with van der Waals surface area (Å²) >= 11 is 0.656. The molecule has 1 amide bonds. The molecule has 1 saturated heterocycles. The summed E-state index contributed by atoms with van der Waals surface area (Å²) in [6, 6.07) is 2.73. The van der Waals surface area contributed by atoms with E-state index < -0.39 is 17.7 Å². The van der Waals surface area contributed by atoms with E-state index in [1.54, 1.807) is 23.6 Å². The predicted octanol–water partition coefficient (Wildman–Crippen LogP) is 4.01. The molecule has 1 aromatic rings. The van der Waals surface area contributed by atoms with E-state index in [-0.39, 0.29) is 11.6 Å². The average molecular weight is 376 g/mol. The Morgan fingerprint density at radius 1 is 1.24 bits per heavy atom. The Morgan fingerprint density at radius 3 is 2.36 bits per heavy atom. The summed E-state index contributed by atoms with van der Waals surface area (Å²) in [5.41, 5.74) is 1.20. The molecule has 138 valence electrons. The number of anilines is 1. The minimum absolute atomic E-state index is 0.134. The maximum Gasteiger partial charge on any atom is 0.398 e. The zero-order chi connectivity index (χ0) is 18.8. The first-order valence-electron chi connectivity index (χ1n) is 7.78. The molecule has 0 unspecified atom stereocenters. The first-order chi connectivity index (χ1) is 11.6. The van der Waals surface area contributed by atoms with Gasteiger partial charge < -0.3 is 9.80 Å². The molecule has 25 heavy (non-hydrogen) atoms. The second-order valence-corrected chi connectivity index (χ2v) is 7.05. The Kier molecular flexibility index (Phi) is 6.03.